The molecule has 0 aromatic rings. The summed E-state index contributed by atoms with van der Waals surface area (Å²) in [6.45, 7) is 4.47. The number of hydrogen-bond acceptors (Lipinski definition) is 4. The summed E-state index contributed by atoms with van der Waals surface area (Å²) in [5.74, 6) is 1.01. The maximum absolute atomic E-state index is 12.5. The molecule has 2 aliphatic heterocycles. The first-order valence-electron chi connectivity index (χ1n) is 6.89. The van der Waals surface area contributed by atoms with Gasteiger partial charge in [0.05, 0.1) is 17.8 Å². The van der Waals surface area contributed by atoms with Crippen molar-refractivity contribution in [1.29, 1.82) is 0 Å². The summed E-state index contributed by atoms with van der Waals surface area (Å²) in [4.78, 5) is 30.1. The van der Waals surface area contributed by atoms with Crippen LogP contribution >= 0.6 is 11.6 Å². The highest BCUT2D eigenvalue weighted by atomic mass is 35.5. The molecular formula is C16H15ClN2O2. The number of aliphatic imine (C=N–C) groups is 1. The van der Waals surface area contributed by atoms with Crippen LogP contribution in [-0.4, -0.2) is 28.3 Å². The van der Waals surface area contributed by atoms with Crippen molar-refractivity contribution in [3.8, 4) is 0 Å². The minimum absolute atomic E-state index is 0.0655. The summed E-state index contributed by atoms with van der Waals surface area (Å²) in [5.41, 5.74) is 2.80. The van der Waals surface area contributed by atoms with Crippen LogP contribution in [-0.2, 0) is 9.59 Å². The summed E-state index contributed by atoms with van der Waals surface area (Å²) in [6.07, 6.45) is 7.72. The average Bonchev–Trinajstić information content (AvgIpc) is 2.45. The van der Waals surface area contributed by atoms with Crippen LogP contribution in [0, 0.1) is 5.92 Å². The van der Waals surface area contributed by atoms with Crippen LogP contribution in [0.5, 0.6) is 0 Å². The lowest BCUT2D eigenvalue weighted by molar-refractivity contribution is -0.113. The second-order valence-electron chi connectivity index (χ2n) is 5.56. The molecule has 0 N–H and O–H groups in total. The summed E-state index contributed by atoms with van der Waals surface area (Å²) >= 11 is 5.51. The Morgan fingerprint density at radius 1 is 1.38 bits per heavy atom. The van der Waals surface area contributed by atoms with Crippen LogP contribution in [0.15, 0.2) is 51.8 Å². The molecule has 0 amide bonds. The monoisotopic (exact) mass is 302 g/mol. The number of Topliss-reactive ketones (excluding diaryl/α,β-unsaturated/α-hetero) is 1. The molecule has 0 spiro atoms. The lowest BCUT2D eigenvalue weighted by Gasteiger charge is -2.32. The van der Waals surface area contributed by atoms with Gasteiger partial charge >= 0.3 is 0 Å². The Balaban J connectivity index is 1.94. The van der Waals surface area contributed by atoms with Crippen molar-refractivity contribution < 1.29 is 9.59 Å². The van der Waals surface area contributed by atoms with E-state index < -0.39 is 5.24 Å². The number of halogens is 1. The zero-order valence-electron chi connectivity index (χ0n) is 11.9. The maximum Gasteiger partial charge on any atom is 0.253 e. The van der Waals surface area contributed by atoms with Crippen molar-refractivity contribution in [3.63, 3.8) is 0 Å². The second kappa shape index (κ2) is 5.11. The molecule has 0 atom stereocenters. The molecule has 0 bridgehead atoms. The highest BCUT2D eigenvalue weighted by molar-refractivity contribution is 6.68. The molecule has 0 aromatic carbocycles. The van der Waals surface area contributed by atoms with E-state index >= 15 is 0 Å². The molecule has 0 radical (unpaired) electrons. The van der Waals surface area contributed by atoms with Crippen LogP contribution in [0.2, 0.25) is 0 Å². The van der Waals surface area contributed by atoms with Crippen LogP contribution in [0.4, 0.5) is 0 Å². The van der Waals surface area contributed by atoms with E-state index in [-0.39, 0.29) is 11.7 Å². The van der Waals surface area contributed by atoms with Gasteiger partial charge in [-0.3, -0.25) is 9.59 Å². The molecule has 108 valence electrons. The standard InChI is InChI=1S/C16H15ClN2O2/c1-9(2)11-4-5-13-12(15(11)20)8-19-7-10(16(17)21)3-6-14(19)18-13/h3-4,6-7,9H,5,8H2,1-2H3. The highest BCUT2D eigenvalue weighted by Gasteiger charge is 2.30. The minimum atomic E-state index is -0.511. The van der Waals surface area contributed by atoms with E-state index in [1.165, 1.54) is 0 Å². The van der Waals surface area contributed by atoms with Gasteiger partial charge in [-0.1, -0.05) is 19.9 Å². The molecule has 0 aromatic heterocycles. The van der Waals surface area contributed by atoms with E-state index in [0.29, 0.717) is 18.5 Å². The number of fused-ring (bicyclic) bond motifs is 1. The molecule has 4 nitrogen and oxygen atoms in total. The van der Waals surface area contributed by atoms with Crippen LogP contribution in [0.25, 0.3) is 0 Å². The van der Waals surface area contributed by atoms with Gasteiger partial charge in [0.25, 0.3) is 5.24 Å². The molecule has 1 aliphatic carbocycles. The Morgan fingerprint density at radius 2 is 2.14 bits per heavy atom. The van der Waals surface area contributed by atoms with Crippen molar-refractivity contribution in [1.82, 2.24) is 4.90 Å². The number of ketones is 1. The molecule has 0 saturated carbocycles. The van der Waals surface area contributed by atoms with Gasteiger partial charge in [-0.25, -0.2) is 4.99 Å². The van der Waals surface area contributed by atoms with Gasteiger partial charge < -0.3 is 4.90 Å². The fourth-order valence-electron chi connectivity index (χ4n) is 2.69. The molecule has 0 saturated heterocycles. The predicted octanol–water partition coefficient (Wildman–Crippen LogP) is 2.73. The first-order valence-corrected chi connectivity index (χ1v) is 7.27. The zero-order valence-corrected chi connectivity index (χ0v) is 12.6. The van der Waals surface area contributed by atoms with Crippen LogP contribution in [0.1, 0.15) is 20.3 Å². The molecule has 2 heterocycles. The fourth-order valence-corrected chi connectivity index (χ4v) is 2.80. The first kappa shape index (κ1) is 14.0. The smallest absolute Gasteiger partial charge is 0.253 e. The lowest BCUT2D eigenvalue weighted by Crippen LogP contribution is -2.36. The van der Waals surface area contributed by atoms with Gasteiger partial charge in [0.2, 0.25) is 0 Å². The van der Waals surface area contributed by atoms with Gasteiger partial charge in [-0.15, -0.1) is 0 Å². The second-order valence-corrected chi connectivity index (χ2v) is 5.91. The van der Waals surface area contributed by atoms with Gasteiger partial charge in [0, 0.05) is 18.2 Å². The molecule has 5 heteroatoms. The van der Waals surface area contributed by atoms with Crippen molar-refractivity contribution in [3.05, 3.63) is 46.8 Å². The SMILES string of the molecule is CC(C)C1=CCC2=C(CN3C=C(C(=O)Cl)C=CC3=N2)C1=O. The van der Waals surface area contributed by atoms with Gasteiger partial charge in [0.15, 0.2) is 5.78 Å². The van der Waals surface area contributed by atoms with Crippen molar-refractivity contribution >= 4 is 28.5 Å². The Kier molecular flexibility index (Phi) is 3.41. The third-order valence-electron chi connectivity index (χ3n) is 3.83. The lowest BCUT2D eigenvalue weighted by atomic mass is 9.86. The fraction of sp³-hybridized carbons (Fsp3) is 0.312. The molecular weight excluding hydrogens is 288 g/mol. The molecule has 0 fully saturated rings. The molecule has 21 heavy (non-hydrogen) atoms. The Morgan fingerprint density at radius 3 is 2.81 bits per heavy atom. The summed E-state index contributed by atoms with van der Waals surface area (Å²) in [5, 5.41) is -0.511. The number of amidine groups is 1. The third-order valence-corrected chi connectivity index (χ3v) is 4.05. The van der Waals surface area contributed by atoms with Crippen molar-refractivity contribution in [2.45, 2.75) is 20.3 Å². The quantitative estimate of drug-likeness (QED) is 0.737. The largest absolute Gasteiger partial charge is 0.328 e. The van der Waals surface area contributed by atoms with E-state index in [2.05, 4.69) is 4.99 Å². The number of hydrogen-bond donors (Lipinski definition) is 0. The Hall–Kier alpha value is -1.94. The minimum Gasteiger partial charge on any atom is -0.328 e. The number of nitrogens with zero attached hydrogens (tertiary/aromatic N) is 2. The zero-order chi connectivity index (χ0) is 15.1. The van der Waals surface area contributed by atoms with Gasteiger partial charge in [-0.05, 0) is 35.2 Å². The molecule has 3 aliphatic rings. The van der Waals surface area contributed by atoms with Gasteiger partial charge in [0.1, 0.15) is 5.84 Å². The highest BCUT2D eigenvalue weighted by Crippen LogP contribution is 2.31. The summed E-state index contributed by atoms with van der Waals surface area (Å²) < 4.78 is 0. The first-order chi connectivity index (χ1) is 9.97. The Bertz CT molecular complexity index is 693. The van der Waals surface area contributed by atoms with Crippen molar-refractivity contribution in [2.75, 3.05) is 6.54 Å². The van der Waals surface area contributed by atoms with Crippen LogP contribution < -0.4 is 0 Å². The summed E-state index contributed by atoms with van der Waals surface area (Å²) in [7, 11) is 0. The third kappa shape index (κ3) is 2.40. The van der Waals surface area contributed by atoms with E-state index in [0.717, 1.165) is 22.7 Å². The average molecular weight is 303 g/mol. The Labute approximate surface area is 128 Å². The maximum atomic E-state index is 12.5. The number of carbonyl (C=O) groups excluding carboxylic acids is 2. The topological polar surface area (TPSA) is 49.7 Å². The van der Waals surface area contributed by atoms with Crippen LogP contribution in [0.3, 0.4) is 0 Å². The molecule has 3 rings (SSSR count). The number of rotatable bonds is 2. The summed E-state index contributed by atoms with van der Waals surface area (Å²) in [6, 6.07) is 0. The predicted molar refractivity (Wildman–Crippen MR) is 81.8 cm³/mol. The number of allylic oxidation sites excluding steroid dienone is 4. The molecule has 0 unspecified atom stereocenters. The van der Waals surface area contributed by atoms with E-state index in [4.69, 9.17) is 11.6 Å². The van der Waals surface area contributed by atoms with E-state index in [1.807, 2.05) is 19.9 Å². The van der Waals surface area contributed by atoms with Crippen molar-refractivity contribution in [2.24, 2.45) is 10.9 Å². The van der Waals surface area contributed by atoms with Gasteiger partial charge in [-0.2, -0.15) is 0 Å². The normalized spacial score (nSPS) is 20.9. The van der Waals surface area contributed by atoms with E-state index in [9.17, 15) is 9.59 Å². The number of carbonyl (C=O) groups is 2. The van der Waals surface area contributed by atoms with E-state index in [1.54, 1.807) is 23.3 Å².